The van der Waals surface area contributed by atoms with E-state index in [9.17, 15) is 0 Å². The fourth-order valence-electron chi connectivity index (χ4n) is 2.51. The van der Waals surface area contributed by atoms with Gasteiger partial charge in [-0.2, -0.15) is 0 Å². The molecule has 1 saturated heterocycles. The van der Waals surface area contributed by atoms with Gasteiger partial charge in [-0.15, -0.1) is 0 Å². The van der Waals surface area contributed by atoms with Crippen LogP contribution in [0.25, 0.3) is 0 Å². The summed E-state index contributed by atoms with van der Waals surface area (Å²) >= 11 is 0. The first-order valence-electron chi connectivity index (χ1n) is 7.01. The van der Waals surface area contributed by atoms with Crippen LogP contribution in [-0.4, -0.2) is 35.6 Å². The summed E-state index contributed by atoms with van der Waals surface area (Å²) in [5.41, 5.74) is 6.66. The number of oxazole rings is 1. The summed E-state index contributed by atoms with van der Waals surface area (Å²) in [6, 6.07) is 0.602. The molecule has 0 saturated carbocycles. The Labute approximate surface area is 110 Å². The van der Waals surface area contributed by atoms with Gasteiger partial charge in [-0.3, -0.25) is 0 Å². The van der Waals surface area contributed by atoms with E-state index in [1.807, 2.05) is 0 Å². The van der Waals surface area contributed by atoms with Gasteiger partial charge in [0.05, 0.1) is 5.69 Å². The number of likely N-dealkylation sites (tertiary alicyclic amines) is 1. The summed E-state index contributed by atoms with van der Waals surface area (Å²) in [4.78, 5) is 7.13. The summed E-state index contributed by atoms with van der Waals surface area (Å²) in [6.45, 7) is 9.47. The zero-order valence-electron chi connectivity index (χ0n) is 11.7. The highest BCUT2D eigenvalue weighted by Crippen LogP contribution is 2.28. The van der Waals surface area contributed by atoms with Gasteiger partial charge in [-0.1, -0.05) is 6.92 Å². The Hall–Kier alpha value is -0.870. The molecule has 0 radical (unpaired) electrons. The van der Waals surface area contributed by atoms with E-state index in [1.165, 1.54) is 19.4 Å². The van der Waals surface area contributed by atoms with Crippen molar-refractivity contribution in [3.05, 3.63) is 17.8 Å². The van der Waals surface area contributed by atoms with Crippen molar-refractivity contribution < 1.29 is 4.42 Å². The molecule has 102 valence electrons. The van der Waals surface area contributed by atoms with Crippen LogP contribution in [0.3, 0.4) is 0 Å². The summed E-state index contributed by atoms with van der Waals surface area (Å²) in [5, 5.41) is 0. The minimum atomic E-state index is 0.285. The van der Waals surface area contributed by atoms with Gasteiger partial charge in [0.25, 0.3) is 0 Å². The maximum absolute atomic E-state index is 5.66. The topological polar surface area (TPSA) is 55.3 Å². The molecule has 18 heavy (non-hydrogen) atoms. The number of piperidine rings is 1. The normalized spacial score (nSPS) is 23.5. The van der Waals surface area contributed by atoms with Crippen LogP contribution < -0.4 is 5.73 Å². The molecule has 2 unspecified atom stereocenters. The third-order valence-electron chi connectivity index (χ3n) is 3.93. The first-order valence-corrected chi connectivity index (χ1v) is 7.01. The van der Waals surface area contributed by atoms with Crippen molar-refractivity contribution in [2.75, 3.05) is 19.6 Å². The highest BCUT2D eigenvalue weighted by molar-refractivity contribution is 5.07. The van der Waals surface area contributed by atoms with E-state index in [4.69, 9.17) is 10.2 Å². The number of aromatic nitrogens is 1. The van der Waals surface area contributed by atoms with Crippen molar-refractivity contribution in [1.29, 1.82) is 0 Å². The maximum atomic E-state index is 5.66. The summed E-state index contributed by atoms with van der Waals surface area (Å²) in [6.07, 6.45) is 4.19. The third-order valence-corrected chi connectivity index (χ3v) is 3.93. The van der Waals surface area contributed by atoms with Crippen LogP contribution in [0, 0.1) is 0 Å². The second kappa shape index (κ2) is 5.85. The zero-order valence-corrected chi connectivity index (χ0v) is 11.7. The number of nitrogens with zero attached hydrogens (tertiary/aromatic N) is 2. The van der Waals surface area contributed by atoms with Crippen molar-refractivity contribution in [2.24, 2.45) is 5.73 Å². The van der Waals surface area contributed by atoms with Crippen LogP contribution in [0.2, 0.25) is 0 Å². The van der Waals surface area contributed by atoms with Crippen LogP contribution in [0.4, 0.5) is 0 Å². The Morgan fingerprint density at radius 2 is 2.28 bits per heavy atom. The second-order valence-electron chi connectivity index (χ2n) is 5.68. The Morgan fingerprint density at radius 1 is 1.50 bits per heavy atom. The molecule has 4 nitrogen and oxygen atoms in total. The number of rotatable bonds is 4. The monoisotopic (exact) mass is 251 g/mol. The Bertz CT molecular complexity index is 375. The Morgan fingerprint density at radius 3 is 2.94 bits per heavy atom. The average Bonchev–Trinajstić information content (AvgIpc) is 2.87. The average molecular weight is 251 g/mol. The zero-order chi connectivity index (χ0) is 13.1. The highest BCUT2D eigenvalue weighted by Gasteiger charge is 2.26. The fourth-order valence-corrected chi connectivity index (χ4v) is 2.51. The van der Waals surface area contributed by atoms with Gasteiger partial charge in [0, 0.05) is 31.0 Å². The molecular weight excluding hydrogens is 226 g/mol. The van der Waals surface area contributed by atoms with Gasteiger partial charge in [0.1, 0.15) is 6.26 Å². The molecule has 0 spiro atoms. The minimum Gasteiger partial charge on any atom is -0.448 e. The molecule has 2 rings (SSSR count). The van der Waals surface area contributed by atoms with E-state index in [0.717, 1.165) is 18.1 Å². The van der Waals surface area contributed by atoms with Gasteiger partial charge in [0.2, 0.25) is 0 Å². The van der Waals surface area contributed by atoms with Crippen molar-refractivity contribution in [3.63, 3.8) is 0 Å². The van der Waals surface area contributed by atoms with Gasteiger partial charge < -0.3 is 15.1 Å². The fraction of sp³-hybridized carbons (Fsp3) is 0.786. The van der Waals surface area contributed by atoms with E-state index in [1.54, 1.807) is 6.26 Å². The molecule has 2 N–H and O–H groups in total. The van der Waals surface area contributed by atoms with Gasteiger partial charge in [-0.05, 0) is 33.2 Å². The summed E-state index contributed by atoms with van der Waals surface area (Å²) < 4.78 is 5.66. The molecule has 2 atom stereocenters. The first-order chi connectivity index (χ1) is 8.61. The second-order valence-corrected chi connectivity index (χ2v) is 5.68. The van der Waals surface area contributed by atoms with Gasteiger partial charge in [0.15, 0.2) is 5.89 Å². The molecule has 2 heterocycles. The predicted octanol–water partition coefficient (Wildman–Crippen LogP) is 2.32. The van der Waals surface area contributed by atoms with Crippen molar-refractivity contribution >= 4 is 0 Å². The van der Waals surface area contributed by atoms with Gasteiger partial charge >= 0.3 is 0 Å². The lowest BCUT2D eigenvalue weighted by atomic mass is 9.97. The lowest BCUT2D eigenvalue weighted by molar-refractivity contribution is 0.157. The predicted molar refractivity (Wildman–Crippen MR) is 72.7 cm³/mol. The van der Waals surface area contributed by atoms with E-state index in [-0.39, 0.29) is 5.92 Å². The summed E-state index contributed by atoms with van der Waals surface area (Å²) in [7, 11) is 0. The first kappa shape index (κ1) is 13.6. The van der Waals surface area contributed by atoms with Crippen LogP contribution in [0.5, 0.6) is 0 Å². The lowest BCUT2D eigenvalue weighted by Gasteiger charge is -2.34. The lowest BCUT2D eigenvalue weighted by Crippen LogP contribution is -2.39. The summed E-state index contributed by atoms with van der Waals surface area (Å²) in [5.74, 6) is 1.63. The van der Waals surface area contributed by atoms with Crippen molar-refractivity contribution in [1.82, 2.24) is 9.88 Å². The molecule has 0 bridgehead atoms. The van der Waals surface area contributed by atoms with E-state index >= 15 is 0 Å². The van der Waals surface area contributed by atoms with E-state index in [2.05, 4.69) is 30.7 Å². The largest absolute Gasteiger partial charge is 0.448 e. The molecular formula is C14H25N3O. The molecule has 4 heteroatoms. The van der Waals surface area contributed by atoms with E-state index < -0.39 is 0 Å². The number of hydrogen-bond acceptors (Lipinski definition) is 4. The third kappa shape index (κ3) is 2.93. The Balaban J connectivity index is 2.04. The minimum absolute atomic E-state index is 0.285. The van der Waals surface area contributed by atoms with Crippen LogP contribution >= 0.6 is 0 Å². The highest BCUT2D eigenvalue weighted by atomic mass is 16.3. The van der Waals surface area contributed by atoms with Gasteiger partial charge in [-0.25, -0.2) is 4.98 Å². The molecule has 1 fully saturated rings. The SMILES string of the molecule is CC(CN)c1coc(C2CCCN(C(C)C)C2)n1. The smallest absolute Gasteiger partial charge is 0.198 e. The molecule has 1 aromatic heterocycles. The standard InChI is InChI=1S/C14H25N3O/c1-10(2)17-6-4-5-12(8-17)14-16-13(9-18-14)11(3)7-15/h9-12H,4-8,15H2,1-3H3. The maximum Gasteiger partial charge on any atom is 0.198 e. The quantitative estimate of drug-likeness (QED) is 0.892. The molecule has 1 aromatic rings. The van der Waals surface area contributed by atoms with Crippen LogP contribution in [0.1, 0.15) is 57.0 Å². The number of hydrogen-bond donors (Lipinski definition) is 1. The molecule has 1 aliphatic heterocycles. The van der Waals surface area contributed by atoms with Crippen LogP contribution in [0.15, 0.2) is 10.7 Å². The van der Waals surface area contributed by atoms with E-state index in [0.29, 0.717) is 18.5 Å². The van der Waals surface area contributed by atoms with Crippen molar-refractivity contribution in [3.8, 4) is 0 Å². The Kier molecular flexibility index (Phi) is 4.40. The van der Waals surface area contributed by atoms with Crippen molar-refractivity contribution in [2.45, 2.75) is 51.5 Å². The molecule has 0 aromatic carbocycles. The molecule has 0 aliphatic carbocycles. The van der Waals surface area contributed by atoms with Crippen LogP contribution in [-0.2, 0) is 0 Å². The molecule has 1 aliphatic rings. The molecule has 0 amide bonds. The number of nitrogens with two attached hydrogens (primary N) is 1.